The molecule has 1 aliphatic heterocycles. The Bertz CT molecular complexity index is 497. The summed E-state index contributed by atoms with van der Waals surface area (Å²) >= 11 is 5.74. The van der Waals surface area contributed by atoms with E-state index in [0.717, 1.165) is 4.90 Å². The number of ether oxygens (including phenoxy) is 1. The molecule has 1 atom stereocenters. The quantitative estimate of drug-likeness (QED) is 0.760. The molecular weight excluding hydrogens is 242 g/mol. The summed E-state index contributed by atoms with van der Waals surface area (Å²) in [6, 6.07) is 6.36. The zero-order valence-corrected chi connectivity index (χ0v) is 9.90. The minimum atomic E-state index is -1.29. The van der Waals surface area contributed by atoms with Crippen LogP contribution in [0.15, 0.2) is 36.9 Å². The molecule has 5 heteroatoms. The van der Waals surface area contributed by atoms with Gasteiger partial charge in [0.1, 0.15) is 0 Å². The van der Waals surface area contributed by atoms with Gasteiger partial charge in [0.2, 0.25) is 5.60 Å². The molecule has 1 fully saturated rings. The van der Waals surface area contributed by atoms with Gasteiger partial charge in [-0.15, -0.1) is 0 Å². The van der Waals surface area contributed by atoms with E-state index >= 15 is 0 Å². The number of carbonyl (C=O) groups is 2. The average Bonchev–Trinajstić information content (AvgIpc) is 2.53. The van der Waals surface area contributed by atoms with E-state index in [0.29, 0.717) is 10.7 Å². The second kappa shape index (κ2) is 3.89. The van der Waals surface area contributed by atoms with Gasteiger partial charge in [-0.25, -0.2) is 9.69 Å². The Morgan fingerprint density at radius 3 is 2.41 bits per heavy atom. The van der Waals surface area contributed by atoms with Gasteiger partial charge in [0, 0.05) is 5.02 Å². The van der Waals surface area contributed by atoms with Crippen molar-refractivity contribution in [1.29, 1.82) is 0 Å². The Morgan fingerprint density at radius 1 is 1.35 bits per heavy atom. The van der Waals surface area contributed by atoms with Crippen molar-refractivity contribution in [2.75, 3.05) is 4.90 Å². The third-order valence-electron chi connectivity index (χ3n) is 2.58. The highest BCUT2D eigenvalue weighted by molar-refractivity contribution is 6.30. The molecule has 1 aromatic rings. The number of cyclic esters (lactones) is 1. The maximum Gasteiger partial charge on any atom is 0.422 e. The lowest BCUT2D eigenvalue weighted by atomic mass is 10.1. The van der Waals surface area contributed by atoms with Gasteiger partial charge in [-0.2, -0.15) is 0 Å². The number of benzene rings is 1. The fourth-order valence-electron chi connectivity index (χ4n) is 1.52. The highest BCUT2D eigenvalue weighted by Crippen LogP contribution is 2.30. The molecule has 4 nitrogen and oxygen atoms in total. The molecule has 1 heterocycles. The number of anilines is 1. The number of imide groups is 1. The van der Waals surface area contributed by atoms with Crippen molar-refractivity contribution >= 4 is 29.3 Å². The van der Waals surface area contributed by atoms with E-state index < -0.39 is 17.6 Å². The van der Waals surface area contributed by atoms with Crippen LogP contribution in [-0.2, 0) is 9.53 Å². The van der Waals surface area contributed by atoms with Gasteiger partial charge < -0.3 is 4.74 Å². The summed E-state index contributed by atoms with van der Waals surface area (Å²) in [5.74, 6) is -0.458. The number of hydrogen-bond acceptors (Lipinski definition) is 3. The van der Waals surface area contributed by atoms with E-state index in [2.05, 4.69) is 6.58 Å². The van der Waals surface area contributed by atoms with E-state index in [1.165, 1.54) is 13.0 Å². The topological polar surface area (TPSA) is 46.6 Å². The summed E-state index contributed by atoms with van der Waals surface area (Å²) < 4.78 is 4.99. The smallest absolute Gasteiger partial charge is 0.422 e. The van der Waals surface area contributed by atoms with Gasteiger partial charge in [-0.3, -0.25) is 4.79 Å². The fourth-order valence-corrected chi connectivity index (χ4v) is 1.64. The molecule has 0 saturated carbocycles. The molecule has 0 aliphatic carbocycles. The summed E-state index contributed by atoms with van der Waals surface area (Å²) in [6.45, 7) is 4.99. The molecule has 1 aliphatic rings. The van der Waals surface area contributed by atoms with Crippen molar-refractivity contribution < 1.29 is 14.3 Å². The molecule has 0 N–H and O–H groups in total. The van der Waals surface area contributed by atoms with E-state index in [4.69, 9.17) is 16.3 Å². The van der Waals surface area contributed by atoms with Crippen LogP contribution in [0.4, 0.5) is 10.5 Å². The lowest BCUT2D eigenvalue weighted by Crippen LogP contribution is -2.36. The van der Waals surface area contributed by atoms with Crippen LogP contribution in [0.5, 0.6) is 0 Å². The molecule has 0 spiro atoms. The number of nitrogens with zero attached hydrogens (tertiary/aromatic N) is 1. The second-order valence-corrected chi connectivity index (χ2v) is 4.23. The van der Waals surface area contributed by atoms with Gasteiger partial charge in [-0.05, 0) is 37.3 Å². The van der Waals surface area contributed by atoms with Gasteiger partial charge in [0.05, 0.1) is 5.69 Å². The van der Waals surface area contributed by atoms with Gasteiger partial charge >= 0.3 is 6.09 Å². The first-order chi connectivity index (χ1) is 7.98. The van der Waals surface area contributed by atoms with E-state index in [1.807, 2.05) is 0 Å². The molecule has 2 amide bonds. The summed E-state index contributed by atoms with van der Waals surface area (Å²) in [7, 11) is 0. The largest absolute Gasteiger partial charge is 0.428 e. The van der Waals surface area contributed by atoms with Crippen molar-refractivity contribution in [2.24, 2.45) is 0 Å². The van der Waals surface area contributed by atoms with E-state index in [9.17, 15) is 9.59 Å². The Morgan fingerprint density at radius 2 is 1.94 bits per heavy atom. The first kappa shape index (κ1) is 11.7. The minimum Gasteiger partial charge on any atom is -0.428 e. The Labute approximate surface area is 103 Å². The summed E-state index contributed by atoms with van der Waals surface area (Å²) in [6.07, 6.45) is 0.600. The van der Waals surface area contributed by atoms with Gasteiger partial charge in [0.25, 0.3) is 5.91 Å². The third kappa shape index (κ3) is 1.80. The predicted octanol–water partition coefficient (Wildman–Crippen LogP) is 2.77. The fraction of sp³-hybridized carbons (Fsp3) is 0.167. The number of halogens is 1. The molecule has 0 aromatic heterocycles. The molecular formula is C12H10ClNO3. The highest BCUT2D eigenvalue weighted by atomic mass is 35.5. The molecule has 1 aromatic carbocycles. The van der Waals surface area contributed by atoms with Gasteiger partial charge in [-0.1, -0.05) is 18.2 Å². The minimum absolute atomic E-state index is 0.426. The number of hydrogen-bond donors (Lipinski definition) is 0. The summed E-state index contributed by atoms with van der Waals surface area (Å²) in [5.41, 5.74) is -0.869. The zero-order chi connectivity index (χ0) is 12.6. The Balaban J connectivity index is 2.40. The molecule has 88 valence electrons. The van der Waals surface area contributed by atoms with Crippen LogP contribution in [0.3, 0.4) is 0 Å². The number of amides is 2. The lowest BCUT2D eigenvalue weighted by Gasteiger charge is -2.14. The summed E-state index contributed by atoms with van der Waals surface area (Å²) in [5, 5.41) is 0.528. The Kier molecular flexibility index (Phi) is 2.67. The van der Waals surface area contributed by atoms with E-state index in [1.54, 1.807) is 24.3 Å². The van der Waals surface area contributed by atoms with Crippen molar-refractivity contribution in [3.63, 3.8) is 0 Å². The maximum absolute atomic E-state index is 12.0. The normalized spacial score (nSPS) is 23.8. The summed E-state index contributed by atoms with van der Waals surface area (Å²) in [4.78, 5) is 24.6. The van der Waals surface area contributed by atoms with Crippen molar-refractivity contribution in [1.82, 2.24) is 0 Å². The van der Waals surface area contributed by atoms with Crippen molar-refractivity contribution in [3.8, 4) is 0 Å². The standard InChI is InChI=1S/C12H10ClNO3/c1-3-12(2)10(15)14(11(16)17-12)9-6-4-8(13)5-7-9/h3-7H,1H2,2H3. The van der Waals surface area contributed by atoms with Crippen LogP contribution < -0.4 is 4.90 Å². The van der Waals surface area contributed by atoms with Crippen LogP contribution in [0.2, 0.25) is 5.02 Å². The molecule has 17 heavy (non-hydrogen) atoms. The second-order valence-electron chi connectivity index (χ2n) is 3.80. The van der Waals surface area contributed by atoms with Crippen molar-refractivity contribution in [3.05, 3.63) is 41.9 Å². The van der Waals surface area contributed by atoms with E-state index in [-0.39, 0.29) is 0 Å². The predicted molar refractivity (Wildman–Crippen MR) is 64.0 cm³/mol. The molecule has 1 unspecified atom stereocenters. The zero-order valence-electron chi connectivity index (χ0n) is 9.14. The van der Waals surface area contributed by atoms with Crippen LogP contribution in [-0.4, -0.2) is 17.6 Å². The van der Waals surface area contributed by atoms with Gasteiger partial charge in [0.15, 0.2) is 0 Å². The van der Waals surface area contributed by atoms with Crippen LogP contribution >= 0.6 is 11.6 Å². The number of carbonyl (C=O) groups excluding carboxylic acids is 2. The molecule has 0 radical (unpaired) electrons. The third-order valence-corrected chi connectivity index (χ3v) is 2.84. The maximum atomic E-state index is 12.0. The van der Waals surface area contributed by atoms with Crippen LogP contribution in [0.1, 0.15) is 6.92 Å². The number of rotatable bonds is 2. The Hall–Kier alpha value is -1.81. The molecule has 0 bridgehead atoms. The van der Waals surface area contributed by atoms with Crippen LogP contribution in [0, 0.1) is 0 Å². The molecule has 2 rings (SSSR count). The lowest BCUT2D eigenvalue weighted by molar-refractivity contribution is -0.125. The monoisotopic (exact) mass is 251 g/mol. The SMILES string of the molecule is C=CC1(C)OC(=O)N(c2ccc(Cl)cc2)C1=O. The highest BCUT2D eigenvalue weighted by Gasteiger charge is 2.49. The van der Waals surface area contributed by atoms with Crippen LogP contribution in [0.25, 0.3) is 0 Å². The first-order valence-electron chi connectivity index (χ1n) is 4.94. The molecule has 1 saturated heterocycles. The first-order valence-corrected chi connectivity index (χ1v) is 5.32. The van der Waals surface area contributed by atoms with Crippen molar-refractivity contribution in [2.45, 2.75) is 12.5 Å². The average molecular weight is 252 g/mol.